The summed E-state index contributed by atoms with van der Waals surface area (Å²) in [6.07, 6.45) is -4.16. The van der Waals surface area contributed by atoms with Gasteiger partial charge in [-0.05, 0) is 0 Å². The molecule has 0 aliphatic rings. The van der Waals surface area contributed by atoms with Crippen molar-refractivity contribution in [3.05, 3.63) is 0 Å². The van der Waals surface area contributed by atoms with Crippen LogP contribution in [-0.4, -0.2) is 51.0 Å². The zero-order valence-electron chi connectivity index (χ0n) is 7.60. The molecule has 3 nitrogen and oxygen atoms in total. The Labute approximate surface area is 75.6 Å². The topological polar surface area (TPSA) is 38.5 Å². The molecule has 0 fully saturated rings. The van der Waals surface area contributed by atoms with E-state index in [4.69, 9.17) is 5.73 Å². The van der Waals surface area contributed by atoms with Crippen LogP contribution in [0.3, 0.4) is 0 Å². The summed E-state index contributed by atoms with van der Waals surface area (Å²) in [4.78, 5) is 1.23. The molecule has 2 N–H and O–H groups in total. The van der Waals surface area contributed by atoms with Crippen LogP contribution in [0.1, 0.15) is 0 Å². The van der Waals surface area contributed by atoms with Gasteiger partial charge in [-0.2, -0.15) is 13.2 Å². The first kappa shape index (κ1) is 12.7. The van der Waals surface area contributed by atoms with Crippen LogP contribution in [0.5, 0.6) is 0 Å². The van der Waals surface area contributed by atoms with E-state index in [1.54, 1.807) is 0 Å². The van der Waals surface area contributed by atoms with Gasteiger partial charge in [0.15, 0.2) is 0 Å². The average molecular weight is 200 g/mol. The Morgan fingerprint density at radius 2 is 1.92 bits per heavy atom. The van der Waals surface area contributed by atoms with E-state index in [2.05, 4.69) is 4.74 Å². The van der Waals surface area contributed by atoms with Crippen molar-refractivity contribution >= 4 is 0 Å². The molecule has 0 radical (unpaired) electrons. The molecule has 0 heterocycles. The number of halogens is 3. The molecule has 6 heteroatoms. The number of nitrogens with zero attached hydrogens (tertiary/aromatic N) is 1. The lowest BCUT2D eigenvalue weighted by Crippen LogP contribution is -2.39. The van der Waals surface area contributed by atoms with Crippen LogP contribution in [0.25, 0.3) is 0 Å². The maximum Gasteiger partial charge on any atom is 0.401 e. The number of hydrogen-bond acceptors (Lipinski definition) is 3. The van der Waals surface area contributed by atoms with E-state index in [1.165, 1.54) is 12.0 Å². The summed E-state index contributed by atoms with van der Waals surface area (Å²) in [6, 6.07) is 0. The molecule has 0 saturated carbocycles. The van der Waals surface area contributed by atoms with Crippen LogP contribution in [-0.2, 0) is 4.74 Å². The molecule has 0 aliphatic carbocycles. The zero-order chi connectivity index (χ0) is 10.3. The summed E-state index contributed by atoms with van der Waals surface area (Å²) in [5, 5.41) is 0. The molecule has 0 rings (SSSR count). The van der Waals surface area contributed by atoms with Crippen molar-refractivity contribution in [3.8, 4) is 0 Å². The lowest BCUT2D eigenvalue weighted by atomic mass is 10.4. The van der Waals surface area contributed by atoms with Gasteiger partial charge in [-0.1, -0.05) is 0 Å². The molecule has 0 atom stereocenters. The van der Waals surface area contributed by atoms with Gasteiger partial charge >= 0.3 is 6.18 Å². The number of hydrogen-bond donors (Lipinski definition) is 1. The van der Waals surface area contributed by atoms with Gasteiger partial charge in [0.2, 0.25) is 0 Å². The number of alkyl halides is 3. The Hall–Kier alpha value is -0.330. The minimum absolute atomic E-state index is 0.222. The fraction of sp³-hybridized carbons (Fsp3) is 1.00. The van der Waals surface area contributed by atoms with Gasteiger partial charge in [0.1, 0.15) is 0 Å². The highest BCUT2D eigenvalue weighted by molar-refractivity contribution is 4.63. The summed E-state index contributed by atoms with van der Waals surface area (Å²) in [6.45, 7) is 0.0829. The number of nitrogens with two attached hydrogens (primary N) is 1. The van der Waals surface area contributed by atoms with E-state index >= 15 is 0 Å². The van der Waals surface area contributed by atoms with E-state index in [1.807, 2.05) is 0 Å². The van der Waals surface area contributed by atoms with Gasteiger partial charge in [-0.3, -0.25) is 4.90 Å². The van der Waals surface area contributed by atoms with E-state index in [0.717, 1.165) is 0 Å². The normalized spacial score (nSPS) is 12.5. The molecule has 0 spiro atoms. The summed E-state index contributed by atoms with van der Waals surface area (Å²) < 4.78 is 40.5. The monoisotopic (exact) mass is 200 g/mol. The smallest absolute Gasteiger partial charge is 0.383 e. The third-order valence-electron chi connectivity index (χ3n) is 1.46. The van der Waals surface area contributed by atoms with Gasteiger partial charge in [0.05, 0.1) is 13.2 Å². The standard InChI is InChI=1S/C7H15F3N2O/c1-13-5-4-12(3-2-11)6-7(8,9)10/h2-6,11H2,1H3. The highest BCUT2D eigenvalue weighted by Gasteiger charge is 2.29. The maximum absolute atomic E-state index is 11.9. The Morgan fingerprint density at radius 3 is 2.31 bits per heavy atom. The predicted molar refractivity (Wildman–Crippen MR) is 43.4 cm³/mol. The van der Waals surface area contributed by atoms with Crippen molar-refractivity contribution in [1.82, 2.24) is 4.90 Å². The van der Waals surface area contributed by atoms with E-state index < -0.39 is 12.7 Å². The summed E-state index contributed by atoms with van der Waals surface area (Å²) in [7, 11) is 1.45. The minimum Gasteiger partial charge on any atom is -0.383 e. The molecular weight excluding hydrogens is 185 g/mol. The molecule has 0 bridgehead atoms. The van der Waals surface area contributed by atoms with Crippen LogP contribution < -0.4 is 5.73 Å². The fourth-order valence-electron chi connectivity index (χ4n) is 0.926. The third-order valence-corrected chi connectivity index (χ3v) is 1.46. The van der Waals surface area contributed by atoms with Crippen molar-refractivity contribution in [2.75, 3.05) is 39.9 Å². The minimum atomic E-state index is -4.16. The molecule has 0 amide bonds. The van der Waals surface area contributed by atoms with Gasteiger partial charge in [0, 0.05) is 26.7 Å². The van der Waals surface area contributed by atoms with Gasteiger partial charge in [-0.25, -0.2) is 0 Å². The molecular formula is C7H15F3N2O. The summed E-state index contributed by atoms with van der Waals surface area (Å²) >= 11 is 0. The van der Waals surface area contributed by atoms with Crippen LogP contribution in [0, 0.1) is 0 Å². The SMILES string of the molecule is COCCN(CCN)CC(F)(F)F. The Bertz CT molecular complexity index is 129. The van der Waals surface area contributed by atoms with Crippen molar-refractivity contribution in [3.63, 3.8) is 0 Å². The first-order valence-corrected chi connectivity index (χ1v) is 3.97. The van der Waals surface area contributed by atoms with Gasteiger partial charge in [0.25, 0.3) is 0 Å². The Kier molecular flexibility index (Phi) is 6.02. The second-order valence-electron chi connectivity index (χ2n) is 2.67. The van der Waals surface area contributed by atoms with Crippen LogP contribution >= 0.6 is 0 Å². The Balaban J connectivity index is 3.79. The quantitative estimate of drug-likeness (QED) is 0.676. The average Bonchev–Trinajstić information content (AvgIpc) is 1.98. The fourth-order valence-corrected chi connectivity index (χ4v) is 0.926. The van der Waals surface area contributed by atoms with Crippen molar-refractivity contribution in [2.45, 2.75) is 6.18 Å². The van der Waals surface area contributed by atoms with E-state index in [0.29, 0.717) is 0 Å². The summed E-state index contributed by atoms with van der Waals surface area (Å²) in [5.74, 6) is 0. The Morgan fingerprint density at radius 1 is 1.31 bits per heavy atom. The summed E-state index contributed by atoms with van der Waals surface area (Å²) in [5.41, 5.74) is 5.17. The largest absolute Gasteiger partial charge is 0.401 e. The number of rotatable bonds is 6. The molecule has 0 unspecified atom stereocenters. The first-order chi connectivity index (χ1) is 5.99. The van der Waals surface area contributed by atoms with Crippen molar-refractivity contribution in [2.24, 2.45) is 5.73 Å². The van der Waals surface area contributed by atoms with Crippen molar-refractivity contribution in [1.29, 1.82) is 0 Å². The highest BCUT2D eigenvalue weighted by Crippen LogP contribution is 2.15. The zero-order valence-corrected chi connectivity index (χ0v) is 7.60. The molecule has 13 heavy (non-hydrogen) atoms. The second-order valence-corrected chi connectivity index (χ2v) is 2.67. The van der Waals surface area contributed by atoms with Gasteiger partial charge in [-0.15, -0.1) is 0 Å². The lowest BCUT2D eigenvalue weighted by molar-refractivity contribution is -0.146. The molecule has 80 valence electrons. The first-order valence-electron chi connectivity index (χ1n) is 3.97. The maximum atomic E-state index is 11.9. The van der Waals surface area contributed by atoms with Crippen LogP contribution in [0.2, 0.25) is 0 Å². The molecule has 0 aromatic rings. The lowest BCUT2D eigenvalue weighted by Gasteiger charge is -2.22. The van der Waals surface area contributed by atoms with Crippen LogP contribution in [0.15, 0.2) is 0 Å². The second kappa shape index (κ2) is 6.17. The third kappa shape index (κ3) is 8.01. The van der Waals surface area contributed by atoms with Crippen LogP contribution in [0.4, 0.5) is 13.2 Å². The molecule has 0 saturated heterocycles. The number of ether oxygens (including phenoxy) is 1. The molecule has 0 aliphatic heterocycles. The van der Waals surface area contributed by atoms with Gasteiger partial charge < -0.3 is 10.5 Å². The molecule has 0 aromatic heterocycles. The van der Waals surface area contributed by atoms with E-state index in [9.17, 15) is 13.2 Å². The highest BCUT2D eigenvalue weighted by atomic mass is 19.4. The number of methoxy groups -OCH3 is 1. The predicted octanol–water partition coefficient (Wildman–Crippen LogP) is 0.456. The van der Waals surface area contributed by atoms with E-state index in [-0.39, 0.29) is 26.2 Å². The molecule has 0 aromatic carbocycles. The van der Waals surface area contributed by atoms with Crippen molar-refractivity contribution < 1.29 is 17.9 Å².